The van der Waals surface area contributed by atoms with E-state index in [2.05, 4.69) is 21.7 Å². The third-order valence-electron chi connectivity index (χ3n) is 5.72. The van der Waals surface area contributed by atoms with Crippen LogP contribution in [0.1, 0.15) is 33.5 Å². The topological polar surface area (TPSA) is 67.3 Å². The maximum atomic E-state index is 12.9. The second-order valence-electron chi connectivity index (χ2n) is 8.08. The van der Waals surface area contributed by atoms with Gasteiger partial charge in [0.25, 0.3) is 0 Å². The molecule has 0 saturated carbocycles. The zero-order valence-corrected chi connectivity index (χ0v) is 18.9. The Kier molecular flexibility index (Phi) is 6.11. The number of benzene rings is 2. The van der Waals surface area contributed by atoms with E-state index in [0.717, 1.165) is 22.4 Å². The van der Waals surface area contributed by atoms with Gasteiger partial charge in [-0.2, -0.15) is 0 Å². The Morgan fingerprint density at radius 1 is 1.09 bits per heavy atom. The highest BCUT2D eigenvalue weighted by Gasteiger charge is 2.29. The lowest BCUT2D eigenvalue weighted by Gasteiger charge is -2.35. The lowest BCUT2D eigenvalue weighted by Crippen LogP contribution is -2.40. The summed E-state index contributed by atoms with van der Waals surface area (Å²) in [5, 5.41) is 0. The number of fused-ring (bicyclic) bond motifs is 1. The summed E-state index contributed by atoms with van der Waals surface area (Å²) in [6.07, 6.45) is 6.42. The Balaban J connectivity index is 1.49. The fraction of sp³-hybridized carbons (Fsp3) is 0.231. The third kappa shape index (κ3) is 4.90. The molecule has 0 amide bonds. The SMILES string of the molecule is CN1c2ccc(C#CCc3cccnc3)cc2C(=O)CC1Cc1ccc(S(C)(=O)=O)cc1. The van der Waals surface area contributed by atoms with Crippen LogP contribution in [0.2, 0.25) is 0 Å². The number of hydrogen-bond acceptors (Lipinski definition) is 5. The number of carbonyl (C=O) groups is 1. The molecule has 5 nitrogen and oxygen atoms in total. The van der Waals surface area contributed by atoms with Crippen molar-refractivity contribution in [2.24, 2.45) is 0 Å². The van der Waals surface area contributed by atoms with E-state index in [9.17, 15) is 13.2 Å². The van der Waals surface area contributed by atoms with Gasteiger partial charge in [0.1, 0.15) is 0 Å². The molecule has 0 N–H and O–H groups in total. The number of hydrogen-bond donors (Lipinski definition) is 0. The van der Waals surface area contributed by atoms with Gasteiger partial charge in [-0.1, -0.05) is 30.0 Å². The molecule has 0 saturated heterocycles. The van der Waals surface area contributed by atoms with E-state index in [1.165, 1.54) is 6.26 Å². The highest BCUT2D eigenvalue weighted by molar-refractivity contribution is 7.90. The molecule has 0 bridgehead atoms. The summed E-state index contributed by atoms with van der Waals surface area (Å²) in [5.74, 6) is 6.40. The number of likely N-dealkylation sites (N-methyl/N-ethyl adjacent to an activating group) is 1. The van der Waals surface area contributed by atoms with Crippen LogP contribution in [-0.2, 0) is 22.7 Å². The van der Waals surface area contributed by atoms with E-state index >= 15 is 0 Å². The molecule has 2 aromatic carbocycles. The predicted octanol–water partition coefficient (Wildman–Crippen LogP) is 3.71. The van der Waals surface area contributed by atoms with Crippen molar-refractivity contribution < 1.29 is 13.2 Å². The minimum Gasteiger partial charge on any atom is -0.370 e. The van der Waals surface area contributed by atoms with Crippen molar-refractivity contribution in [3.05, 3.63) is 89.2 Å². The molecule has 162 valence electrons. The minimum atomic E-state index is -3.22. The van der Waals surface area contributed by atoms with Crippen LogP contribution in [0.25, 0.3) is 0 Å². The summed E-state index contributed by atoms with van der Waals surface area (Å²) in [6, 6.07) is 16.6. The third-order valence-corrected chi connectivity index (χ3v) is 6.85. The van der Waals surface area contributed by atoms with Crippen LogP contribution in [0, 0.1) is 11.8 Å². The Labute approximate surface area is 189 Å². The van der Waals surface area contributed by atoms with Crippen molar-refractivity contribution in [2.75, 3.05) is 18.2 Å². The molecule has 1 atom stereocenters. The highest BCUT2D eigenvalue weighted by Crippen LogP contribution is 2.31. The second kappa shape index (κ2) is 8.97. The van der Waals surface area contributed by atoms with E-state index in [1.807, 2.05) is 49.5 Å². The first-order valence-electron chi connectivity index (χ1n) is 10.4. The number of nitrogens with zero attached hydrogens (tertiary/aromatic N) is 2. The molecule has 0 fully saturated rings. The first-order chi connectivity index (χ1) is 15.3. The van der Waals surface area contributed by atoms with Crippen molar-refractivity contribution >= 4 is 21.3 Å². The Morgan fingerprint density at radius 3 is 2.56 bits per heavy atom. The first kappa shape index (κ1) is 21.8. The molecule has 4 rings (SSSR count). The molecule has 0 spiro atoms. The maximum absolute atomic E-state index is 12.9. The average molecular weight is 445 g/mol. The summed E-state index contributed by atoms with van der Waals surface area (Å²) in [5.41, 5.74) is 4.48. The highest BCUT2D eigenvalue weighted by atomic mass is 32.2. The molecule has 3 aromatic rings. The lowest BCUT2D eigenvalue weighted by atomic mass is 9.90. The van der Waals surface area contributed by atoms with Gasteiger partial charge in [0, 0.05) is 61.4 Å². The second-order valence-corrected chi connectivity index (χ2v) is 10.1. The van der Waals surface area contributed by atoms with E-state index in [4.69, 9.17) is 0 Å². The smallest absolute Gasteiger partial charge is 0.175 e. The van der Waals surface area contributed by atoms with E-state index in [-0.39, 0.29) is 11.8 Å². The van der Waals surface area contributed by atoms with Gasteiger partial charge in [-0.05, 0) is 53.9 Å². The van der Waals surface area contributed by atoms with Gasteiger partial charge in [-0.15, -0.1) is 0 Å². The molecule has 1 aliphatic heterocycles. The Morgan fingerprint density at radius 2 is 1.88 bits per heavy atom. The van der Waals surface area contributed by atoms with E-state index < -0.39 is 9.84 Å². The van der Waals surface area contributed by atoms with Gasteiger partial charge in [-0.25, -0.2) is 8.42 Å². The van der Waals surface area contributed by atoms with E-state index in [1.54, 1.807) is 24.5 Å². The molecular weight excluding hydrogens is 420 g/mol. The standard InChI is InChI=1S/C26H24N2O3S/c1-28-22(15-20-8-11-23(12-9-20)32(2,30)31)17-26(29)24-16-19(10-13-25(24)28)5-3-6-21-7-4-14-27-18-21/h4,7-14,16,18,22H,6,15,17H2,1-2H3. The molecule has 32 heavy (non-hydrogen) atoms. The number of Topliss-reactive ketones (excluding diaryl/α,β-unsaturated/α-hetero) is 1. The largest absolute Gasteiger partial charge is 0.370 e. The van der Waals surface area contributed by atoms with Crippen molar-refractivity contribution in [2.45, 2.75) is 30.2 Å². The molecule has 0 aliphatic carbocycles. The summed E-state index contributed by atoms with van der Waals surface area (Å²) < 4.78 is 23.3. The maximum Gasteiger partial charge on any atom is 0.175 e. The number of ketones is 1. The van der Waals surface area contributed by atoms with Gasteiger partial charge in [0.15, 0.2) is 15.6 Å². The molecule has 2 heterocycles. The monoisotopic (exact) mass is 444 g/mol. The number of anilines is 1. The normalized spacial score (nSPS) is 15.6. The first-order valence-corrected chi connectivity index (χ1v) is 12.3. The van der Waals surface area contributed by atoms with Crippen LogP contribution in [0.3, 0.4) is 0 Å². The van der Waals surface area contributed by atoms with Gasteiger partial charge in [0.05, 0.1) is 4.90 Å². The van der Waals surface area contributed by atoms with Crippen LogP contribution in [0.15, 0.2) is 71.9 Å². The Hall–Kier alpha value is -3.43. The number of aromatic nitrogens is 1. The van der Waals surface area contributed by atoms with Crippen LogP contribution >= 0.6 is 0 Å². The molecule has 1 unspecified atom stereocenters. The molecule has 1 aromatic heterocycles. The van der Waals surface area contributed by atoms with Crippen LogP contribution in [0.4, 0.5) is 5.69 Å². The summed E-state index contributed by atoms with van der Waals surface area (Å²) in [6.45, 7) is 0. The molecule has 0 radical (unpaired) electrons. The van der Waals surface area contributed by atoms with Crippen LogP contribution in [0.5, 0.6) is 0 Å². The average Bonchev–Trinajstić information content (AvgIpc) is 2.78. The van der Waals surface area contributed by atoms with Gasteiger partial charge < -0.3 is 4.90 Å². The van der Waals surface area contributed by atoms with Crippen molar-refractivity contribution in [3.63, 3.8) is 0 Å². The minimum absolute atomic E-state index is 0.0154. The van der Waals surface area contributed by atoms with Gasteiger partial charge in [-0.3, -0.25) is 9.78 Å². The quantitative estimate of drug-likeness (QED) is 0.574. The molecule has 1 aliphatic rings. The van der Waals surface area contributed by atoms with Crippen molar-refractivity contribution in [1.29, 1.82) is 0 Å². The Bertz CT molecular complexity index is 1300. The zero-order chi connectivity index (χ0) is 22.7. The summed E-state index contributed by atoms with van der Waals surface area (Å²) in [7, 11) is -1.22. The van der Waals surface area contributed by atoms with Crippen LogP contribution < -0.4 is 4.90 Å². The van der Waals surface area contributed by atoms with E-state index in [0.29, 0.717) is 29.7 Å². The fourth-order valence-electron chi connectivity index (χ4n) is 3.91. The summed E-state index contributed by atoms with van der Waals surface area (Å²) >= 11 is 0. The number of sulfone groups is 1. The fourth-order valence-corrected chi connectivity index (χ4v) is 4.54. The van der Waals surface area contributed by atoms with Gasteiger partial charge >= 0.3 is 0 Å². The van der Waals surface area contributed by atoms with Crippen molar-refractivity contribution in [3.8, 4) is 11.8 Å². The lowest BCUT2D eigenvalue weighted by molar-refractivity contribution is 0.0967. The number of rotatable bonds is 4. The van der Waals surface area contributed by atoms with Gasteiger partial charge in [0.2, 0.25) is 0 Å². The molecular formula is C26H24N2O3S. The zero-order valence-electron chi connectivity index (χ0n) is 18.1. The summed E-state index contributed by atoms with van der Waals surface area (Å²) in [4.78, 5) is 19.4. The van der Waals surface area contributed by atoms with Crippen LogP contribution in [-0.4, -0.2) is 38.5 Å². The molecule has 6 heteroatoms. The number of pyridine rings is 1. The van der Waals surface area contributed by atoms with Crippen molar-refractivity contribution in [1.82, 2.24) is 4.98 Å². The predicted molar refractivity (Wildman–Crippen MR) is 126 cm³/mol. The number of carbonyl (C=O) groups excluding carboxylic acids is 1.